The van der Waals surface area contributed by atoms with Crippen LogP contribution in [0, 0.1) is 0 Å². The molecule has 0 spiro atoms. The van der Waals surface area contributed by atoms with Gasteiger partial charge in [0.05, 0.1) is 12.8 Å². The lowest BCUT2D eigenvalue weighted by molar-refractivity contribution is -0.148. The van der Waals surface area contributed by atoms with E-state index in [2.05, 4.69) is 12.2 Å². The summed E-state index contributed by atoms with van der Waals surface area (Å²) < 4.78 is 42.2. The molecule has 120 valence electrons. The molecule has 1 atom stereocenters. The lowest BCUT2D eigenvalue weighted by Crippen LogP contribution is -2.47. The van der Waals surface area contributed by atoms with E-state index in [0.717, 1.165) is 31.4 Å². The molecule has 0 aromatic carbocycles. The highest BCUT2D eigenvalue weighted by molar-refractivity contribution is 4.98. The predicted octanol–water partition coefficient (Wildman–Crippen LogP) is 3.22. The van der Waals surface area contributed by atoms with Crippen molar-refractivity contribution in [3.8, 4) is 0 Å². The van der Waals surface area contributed by atoms with Gasteiger partial charge in [0.1, 0.15) is 5.76 Å². The Bertz CT molecular complexity index is 398. The summed E-state index contributed by atoms with van der Waals surface area (Å²) in [7, 11) is 0. The van der Waals surface area contributed by atoms with Crippen molar-refractivity contribution in [3.05, 3.63) is 24.2 Å². The fourth-order valence-electron chi connectivity index (χ4n) is 2.81. The van der Waals surface area contributed by atoms with E-state index >= 15 is 0 Å². The van der Waals surface area contributed by atoms with Gasteiger partial charge in [0.25, 0.3) is 0 Å². The van der Waals surface area contributed by atoms with Crippen molar-refractivity contribution < 1.29 is 17.6 Å². The molecule has 1 fully saturated rings. The molecule has 0 saturated carbocycles. The predicted molar refractivity (Wildman–Crippen MR) is 75.1 cm³/mol. The second kappa shape index (κ2) is 7.31. The molecule has 0 bridgehead atoms. The number of nitrogens with zero attached hydrogens (tertiary/aromatic N) is 1. The van der Waals surface area contributed by atoms with E-state index in [-0.39, 0.29) is 0 Å². The standard InChI is InChI=1S/C15H23F3N2O/c1-12(4-5-14-3-2-10-21-14)19-13-6-8-20(9-7-13)11-15(16,17)18/h2-3,10,12-13,19H,4-9,11H2,1H3. The number of likely N-dealkylation sites (tertiary alicyclic amines) is 1. The summed E-state index contributed by atoms with van der Waals surface area (Å²) in [5.41, 5.74) is 0. The number of piperidine rings is 1. The van der Waals surface area contributed by atoms with E-state index in [1.807, 2.05) is 12.1 Å². The molecule has 1 saturated heterocycles. The van der Waals surface area contributed by atoms with Gasteiger partial charge < -0.3 is 9.73 Å². The van der Waals surface area contributed by atoms with Crippen LogP contribution in [0.1, 0.15) is 31.9 Å². The number of alkyl halides is 3. The molecule has 0 aliphatic carbocycles. The molecule has 21 heavy (non-hydrogen) atoms. The Kier molecular flexibility index (Phi) is 5.70. The van der Waals surface area contributed by atoms with Gasteiger partial charge in [-0.15, -0.1) is 0 Å². The van der Waals surface area contributed by atoms with Crippen LogP contribution in [0.5, 0.6) is 0 Å². The number of halogens is 3. The van der Waals surface area contributed by atoms with Crippen molar-refractivity contribution in [3.63, 3.8) is 0 Å². The first kappa shape index (κ1) is 16.4. The number of hydrogen-bond donors (Lipinski definition) is 1. The summed E-state index contributed by atoms with van der Waals surface area (Å²) in [5.74, 6) is 0.976. The zero-order chi connectivity index (χ0) is 15.3. The van der Waals surface area contributed by atoms with E-state index in [1.54, 1.807) is 6.26 Å². The van der Waals surface area contributed by atoms with E-state index < -0.39 is 12.7 Å². The van der Waals surface area contributed by atoms with Crippen LogP contribution in [0.4, 0.5) is 13.2 Å². The number of hydrogen-bond acceptors (Lipinski definition) is 3. The molecule has 1 aliphatic rings. The third-order valence-electron chi connectivity index (χ3n) is 3.91. The molecular formula is C15H23F3N2O. The van der Waals surface area contributed by atoms with Gasteiger partial charge in [-0.05, 0) is 51.4 Å². The Hall–Kier alpha value is -1.01. The highest BCUT2D eigenvalue weighted by Gasteiger charge is 2.32. The lowest BCUT2D eigenvalue weighted by Gasteiger charge is -2.34. The molecule has 1 aromatic heterocycles. The fraction of sp³-hybridized carbons (Fsp3) is 0.733. The third-order valence-corrected chi connectivity index (χ3v) is 3.91. The molecule has 0 radical (unpaired) electrons. The molecule has 1 unspecified atom stereocenters. The van der Waals surface area contributed by atoms with Gasteiger partial charge in [0.15, 0.2) is 0 Å². The highest BCUT2D eigenvalue weighted by atomic mass is 19.4. The molecule has 6 heteroatoms. The maximum absolute atomic E-state index is 12.3. The first-order valence-electron chi connectivity index (χ1n) is 7.50. The normalized spacial score (nSPS) is 19.8. The quantitative estimate of drug-likeness (QED) is 0.875. The van der Waals surface area contributed by atoms with Gasteiger partial charge in [-0.2, -0.15) is 13.2 Å². The summed E-state index contributed by atoms with van der Waals surface area (Å²) in [6.07, 6.45) is 0.993. The lowest BCUT2D eigenvalue weighted by atomic mass is 10.0. The monoisotopic (exact) mass is 304 g/mol. The Morgan fingerprint density at radius 1 is 1.38 bits per heavy atom. The van der Waals surface area contributed by atoms with Crippen LogP contribution in [0.2, 0.25) is 0 Å². The van der Waals surface area contributed by atoms with Crippen LogP contribution in [-0.4, -0.2) is 42.8 Å². The Morgan fingerprint density at radius 3 is 2.67 bits per heavy atom. The molecule has 0 amide bonds. The maximum atomic E-state index is 12.3. The van der Waals surface area contributed by atoms with Crippen LogP contribution < -0.4 is 5.32 Å². The summed E-state index contributed by atoms with van der Waals surface area (Å²) in [6, 6.07) is 4.50. The SMILES string of the molecule is CC(CCc1ccco1)NC1CCN(CC(F)(F)F)CC1. The zero-order valence-electron chi connectivity index (χ0n) is 12.3. The molecule has 1 aliphatic heterocycles. The molecular weight excluding hydrogens is 281 g/mol. The van der Waals surface area contributed by atoms with Crippen molar-refractivity contribution in [2.24, 2.45) is 0 Å². The molecule has 1 N–H and O–H groups in total. The minimum absolute atomic E-state index is 0.320. The zero-order valence-corrected chi connectivity index (χ0v) is 12.3. The van der Waals surface area contributed by atoms with Gasteiger partial charge >= 0.3 is 6.18 Å². The van der Waals surface area contributed by atoms with Crippen LogP contribution in [-0.2, 0) is 6.42 Å². The largest absolute Gasteiger partial charge is 0.469 e. The Labute approximate surface area is 123 Å². The Balaban J connectivity index is 1.63. The fourth-order valence-corrected chi connectivity index (χ4v) is 2.81. The van der Waals surface area contributed by atoms with E-state index in [4.69, 9.17) is 4.42 Å². The van der Waals surface area contributed by atoms with E-state index in [1.165, 1.54) is 4.90 Å². The van der Waals surface area contributed by atoms with Crippen LogP contribution in [0.3, 0.4) is 0 Å². The van der Waals surface area contributed by atoms with Gasteiger partial charge in [-0.3, -0.25) is 4.90 Å². The number of nitrogens with one attached hydrogen (secondary N) is 1. The first-order valence-corrected chi connectivity index (χ1v) is 7.50. The van der Waals surface area contributed by atoms with Crippen LogP contribution >= 0.6 is 0 Å². The maximum Gasteiger partial charge on any atom is 0.401 e. The van der Waals surface area contributed by atoms with Crippen molar-refractivity contribution >= 4 is 0 Å². The third kappa shape index (κ3) is 6.09. The Morgan fingerprint density at radius 2 is 2.10 bits per heavy atom. The topological polar surface area (TPSA) is 28.4 Å². The first-order chi connectivity index (χ1) is 9.92. The number of furan rings is 1. The van der Waals surface area contributed by atoms with Crippen LogP contribution in [0.15, 0.2) is 22.8 Å². The summed E-state index contributed by atoms with van der Waals surface area (Å²) in [5, 5.41) is 3.52. The second-order valence-corrected chi connectivity index (χ2v) is 5.85. The smallest absolute Gasteiger partial charge is 0.401 e. The van der Waals surface area contributed by atoms with E-state index in [0.29, 0.717) is 25.2 Å². The molecule has 1 aromatic rings. The van der Waals surface area contributed by atoms with Crippen molar-refractivity contribution in [2.75, 3.05) is 19.6 Å². The van der Waals surface area contributed by atoms with Gasteiger partial charge in [0, 0.05) is 18.5 Å². The van der Waals surface area contributed by atoms with Gasteiger partial charge in [-0.25, -0.2) is 0 Å². The summed E-state index contributed by atoms with van der Waals surface area (Å²) >= 11 is 0. The van der Waals surface area contributed by atoms with E-state index in [9.17, 15) is 13.2 Å². The second-order valence-electron chi connectivity index (χ2n) is 5.85. The summed E-state index contributed by atoms with van der Waals surface area (Å²) in [4.78, 5) is 1.49. The summed E-state index contributed by atoms with van der Waals surface area (Å²) in [6.45, 7) is 2.36. The average Bonchev–Trinajstić information content (AvgIpc) is 2.90. The number of rotatable bonds is 6. The molecule has 3 nitrogen and oxygen atoms in total. The van der Waals surface area contributed by atoms with Crippen molar-refractivity contribution in [1.82, 2.24) is 10.2 Å². The van der Waals surface area contributed by atoms with Crippen LogP contribution in [0.25, 0.3) is 0 Å². The van der Waals surface area contributed by atoms with Gasteiger partial charge in [-0.1, -0.05) is 0 Å². The minimum atomic E-state index is -4.09. The van der Waals surface area contributed by atoms with Gasteiger partial charge in [0.2, 0.25) is 0 Å². The molecule has 2 heterocycles. The highest BCUT2D eigenvalue weighted by Crippen LogP contribution is 2.20. The molecule has 2 rings (SSSR count). The average molecular weight is 304 g/mol. The number of aryl methyl sites for hydroxylation is 1. The van der Waals surface area contributed by atoms with Crippen molar-refractivity contribution in [1.29, 1.82) is 0 Å². The van der Waals surface area contributed by atoms with Crippen molar-refractivity contribution in [2.45, 2.75) is 50.9 Å². The minimum Gasteiger partial charge on any atom is -0.469 e.